The van der Waals surface area contributed by atoms with Gasteiger partial charge < -0.3 is 15.7 Å². The third-order valence-corrected chi connectivity index (χ3v) is 5.37. The zero-order valence-corrected chi connectivity index (χ0v) is 13.0. The SMILES string of the molecule is NC(CCCCCP(=O)(O)CCc1ccccc1)C(=O)O. The summed E-state index contributed by atoms with van der Waals surface area (Å²) in [6.45, 7) is 0. The molecule has 0 amide bonds. The van der Waals surface area contributed by atoms with E-state index in [1.165, 1.54) is 0 Å². The van der Waals surface area contributed by atoms with E-state index < -0.39 is 19.4 Å². The number of nitrogens with two attached hydrogens (primary N) is 1. The van der Waals surface area contributed by atoms with E-state index in [-0.39, 0.29) is 0 Å². The van der Waals surface area contributed by atoms with Gasteiger partial charge in [0.1, 0.15) is 6.04 Å². The smallest absolute Gasteiger partial charge is 0.320 e. The summed E-state index contributed by atoms with van der Waals surface area (Å²) in [5.74, 6) is -0.995. The summed E-state index contributed by atoms with van der Waals surface area (Å²) in [5, 5.41) is 8.64. The highest BCUT2D eigenvalue weighted by Crippen LogP contribution is 2.42. The monoisotopic (exact) mass is 313 g/mol. The molecule has 0 heterocycles. The van der Waals surface area contributed by atoms with Gasteiger partial charge in [-0.2, -0.15) is 0 Å². The molecule has 0 aliphatic rings. The van der Waals surface area contributed by atoms with Crippen LogP contribution < -0.4 is 5.73 Å². The normalized spacial score (nSPS) is 15.3. The molecule has 0 saturated heterocycles. The molecule has 0 saturated carbocycles. The van der Waals surface area contributed by atoms with Crippen molar-refractivity contribution in [1.82, 2.24) is 0 Å². The fourth-order valence-corrected chi connectivity index (χ4v) is 3.63. The summed E-state index contributed by atoms with van der Waals surface area (Å²) in [5.41, 5.74) is 6.46. The van der Waals surface area contributed by atoms with Gasteiger partial charge in [0.15, 0.2) is 0 Å². The maximum Gasteiger partial charge on any atom is 0.320 e. The zero-order chi connectivity index (χ0) is 15.7. The molecule has 2 atom stereocenters. The standard InChI is InChI=1S/C15H24NO4P/c16-14(15(17)18)9-5-2-6-11-21(19,20)12-10-13-7-3-1-4-8-13/h1,3-4,7-8,14H,2,5-6,9-12,16H2,(H,17,18)(H,19,20). The van der Waals surface area contributed by atoms with Gasteiger partial charge in [0.2, 0.25) is 7.37 Å². The molecule has 0 bridgehead atoms. The molecule has 5 nitrogen and oxygen atoms in total. The van der Waals surface area contributed by atoms with Gasteiger partial charge in [-0.1, -0.05) is 43.2 Å². The van der Waals surface area contributed by atoms with Gasteiger partial charge in [-0.3, -0.25) is 9.36 Å². The lowest BCUT2D eigenvalue weighted by atomic mass is 10.1. The Morgan fingerprint density at radius 2 is 1.81 bits per heavy atom. The molecule has 1 rings (SSSR count). The van der Waals surface area contributed by atoms with Crippen LogP contribution in [0.1, 0.15) is 31.2 Å². The van der Waals surface area contributed by atoms with Crippen molar-refractivity contribution in [3.63, 3.8) is 0 Å². The number of carbonyl (C=O) groups is 1. The molecule has 4 N–H and O–H groups in total. The second-order valence-electron chi connectivity index (χ2n) is 5.32. The van der Waals surface area contributed by atoms with Crippen molar-refractivity contribution in [2.75, 3.05) is 12.3 Å². The van der Waals surface area contributed by atoms with Crippen LogP contribution in [0.2, 0.25) is 0 Å². The molecule has 118 valence electrons. The minimum absolute atomic E-state index is 0.294. The van der Waals surface area contributed by atoms with Gasteiger partial charge in [0, 0.05) is 12.3 Å². The Hall–Kier alpha value is -1.16. The van der Waals surface area contributed by atoms with E-state index in [1.807, 2.05) is 30.3 Å². The van der Waals surface area contributed by atoms with Crippen molar-refractivity contribution in [2.24, 2.45) is 5.73 Å². The van der Waals surface area contributed by atoms with E-state index in [4.69, 9.17) is 10.8 Å². The van der Waals surface area contributed by atoms with Crippen LogP contribution in [0.15, 0.2) is 30.3 Å². The number of rotatable bonds is 10. The van der Waals surface area contributed by atoms with Gasteiger partial charge in [0.05, 0.1) is 0 Å². The summed E-state index contributed by atoms with van der Waals surface area (Å²) in [7, 11) is -3.09. The number of benzene rings is 1. The van der Waals surface area contributed by atoms with E-state index in [0.29, 0.717) is 38.0 Å². The molecule has 0 aliphatic heterocycles. The highest BCUT2D eigenvalue weighted by molar-refractivity contribution is 7.57. The summed E-state index contributed by atoms with van der Waals surface area (Å²) >= 11 is 0. The van der Waals surface area contributed by atoms with Crippen LogP contribution in [0.3, 0.4) is 0 Å². The highest BCUT2D eigenvalue weighted by Gasteiger charge is 2.17. The minimum Gasteiger partial charge on any atom is -0.480 e. The van der Waals surface area contributed by atoms with Crippen molar-refractivity contribution in [1.29, 1.82) is 0 Å². The minimum atomic E-state index is -3.09. The van der Waals surface area contributed by atoms with Gasteiger partial charge >= 0.3 is 5.97 Å². The molecule has 0 fully saturated rings. The number of aryl methyl sites for hydroxylation is 1. The summed E-state index contributed by atoms with van der Waals surface area (Å²) in [4.78, 5) is 20.4. The number of unbranched alkanes of at least 4 members (excludes halogenated alkanes) is 2. The first-order chi connectivity index (χ1) is 9.91. The third-order valence-electron chi connectivity index (χ3n) is 3.43. The highest BCUT2D eigenvalue weighted by atomic mass is 31.2. The van der Waals surface area contributed by atoms with Crippen LogP contribution in [-0.2, 0) is 15.8 Å². The molecule has 0 radical (unpaired) electrons. The second kappa shape index (κ2) is 8.98. The van der Waals surface area contributed by atoms with Crippen molar-refractivity contribution >= 4 is 13.3 Å². The van der Waals surface area contributed by atoms with E-state index >= 15 is 0 Å². The Bertz CT molecular complexity index is 478. The molecule has 2 unspecified atom stereocenters. The molecule has 1 aromatic carbocycles. The third kappa shape index (κ3) is 8.00. The first-order valence-electron chi connectivity index (χ1n) is 7.24. The van der Waals surface area contributed by atoms with Gasteiger partial charge in [-0.15, -0.1) is 0 Å². The second-order valence-corrected chi connectivity index (χ2v) is 7.91. The fraction of sp³-hybridized carbons (Fsp3) is 0.533. The predicted octanol–water partition coefficient (Wildman–Crippen LogP) is 2.47. The maximum atomic E-state index is 12.0. The molecular formula is C15H24NO4P. The van der Waals surface area contributed by atoms with Crippen LogP contribution in [-0.4, -0.2) is 34.3 Å². The molecule has 21 heavy (non-hydrogen) atoms. The van der Waals surface area contributed by atoms with E-state index in [1.54, 1.807) is 0 Å². The van der Waals surface area contributed by atoms with Crippen LogP contribution in [0.5, 0.6) is 0 Å². The molecule has 6 heteroatoms. The first-order valence-corrected chi connectivity index (χ1v) is 9.27. The molecule has 0 spiro atoms. The average Bonchev–Trinajstić information content (AvgIpc) is 2.45. The lowest BCUT2D eigenvalue weighted by Crippen LogP contribution is -2.29. The lowest BCUT2D eigenvalue weighted by molar-refractivity contribution is -0.138. The first kappa shape index (κ1) is 17.9. The Morgan fingerprint density at radius 1 is 1.14 bits per heavy atom. The van der Waals surface area contributed by atoms with E-state index in [0.717, 1.165) is 12.0 Å². The summed E-state index contributed by atoms with van der Waals surface area (Å²) in [6, 6.07) is 8.83. The molecule has 0 aromatic heterocycles. The van der Waals surface area contributed by atoms with E-state index in [9.17, 15) is 14.3 Å². The van der Waals surface area contributed by atoms with Crippen molar-refractivity contribution in [2.45, 2.75) is 38.1 Å². The number of carboxylic acid groups (broad SMARTS) is 1. The molecule has 0 aliphatic carbocycles. The van der Waals surface area contributed by atoms with Gasteiger partial charge in [0.25, 0.3) is 0 Å². The fourth-order valence-electron chi connectivity index (χ4n) is 2.08. The lowest BCUT2D eigenvalue weighted by Gasteiger charge is -2.12. The van der Waals surface area contributed by atoms with Crippen LogP contribution in [0.4, 0.5) is 0 Å². The van der Waals surface area contributed by atoms with Gasteiger partial charge in [-0.05, 0) is 24.8 Å². The van der Waals surface area contributed by atoms with Crippen LogP contribution in [0.25, 0.3) is 0 Å². The maximum absolute atomic E-state index is 12.0. The van der Waals surface area contributed by atoms with Crippen LogP contribution >= 0.6 is 7.37 Å². The van der Waals surface area contributed by atoms with Crippen LogP contribution in [0, 0.1) is 0 Å². The molecule has 1 aromatic rings. The summed E-state index contributed by atoms with van der Waals surface area (Å²) < 4.78 is 12.0. The Kier molecular flexibility index (Phi) is 7.65. The number of aliphatic carboxylic acids is 1. The van der Waals surface area contributed by atoms with Crippen molar-refractivity contribution < 1.29 is 19.4 Å². The Balaban J connectivity index is 2.18. The number of hydrogen-bond donors (Lipinski definition) is 3. The van der Waals surface area contributed by atoms with E-state index in [2.05, 4.69) is 0 Å². The Labute approximate surface area is 125 Å². The quantitative estimate of drug-likeness (QED) is 0.455. The number of carboxylic acids is 1. The zero-order valence-electron chi connectivity index (χ0n) is 12.1. The van der Waals surface area contributed by atoms with Crippen molar-refractivity contribution in [3.8, 4) is 0 Å². The van der Waals surface area contributed by atoms with Crippen molar-refractivity contribution in [3.05, 3.63) is 35.9 Å². The predicted molar refractivity (Wildman–Crippen MR) is 83.8 cm³/mol. The average molecular weight is 313 g/mol. The Morgan fingerprint density at radius 3 is 2.43 bits per heavy atom. The largest absolute Gasteiger partial charge is 0.480 e. The van der Waals surface area contributed by atoms with Gasteiger partial charge in [-0.25, -0.2) is 0 Å². The summed E-state index contributed by atoms with van der Waals surface area (Å²) in [6.07, 6.45) is 3.65. The molecular weight excluding hydrogens is 289 g/mol. The topological polar surface area (TPSA) is 101 Å². The number of hydrogen-bond acceptors (Lipinski definition) is 3.